The Morgan fingerprint density at radius 2 is 0.710 bits per heavy atom. The molecule has 11 aliphatic rings. The number of halogens is 11. The monoisotopic (exact) mass is 2010 g/mol. The van der Waals surface area contributed by atoms with Gasteiger partial charge in [0.25, 0.3) is 59.6 Å². The van der Waals surface area contributed by atoms with E-state index >= 15 is 8.78 Å². The van der Waals surface area contributed by atoms with Crippen LogP contribution in [-0.2, 0) is 0 Å². The number of nitrogen functional groups attached to an aromatic ring is 1. The number of aromatic amines is 3. The molecule has 3 fully saturated rings. The van der Waals surface area contributed by atoms with Crippen LogP contribution in [0.1, 0.15) is 186 Å². The Morgan fingerprint density at radius 1 is 0.366 bits per heavy atom. The summed E-state index contributed by atoms with van der Waals surface area (Å²) in [6, 6.07) is 53.6. The number of aliphatic imine (C=N–C) groups is 3. The number of H-pyrrole nitrogens is 3. The van der Waals surface area contributed by atoms with E-state index in [1.54, 1.807) is 155 Å². The number of aromatic nitrogens is 18. The summed E-state index contributed by atoms with van der Waals surface area (Å²) in [5, 5.41) is 46.8. The van der Waals surface area contributed by atoms with Crippen LogP contribution in [0.4, 0.5) is 52.6 Å². The van der Waals surface area contributed by atoms with Gasteiger partial charge in [0.15, 0.2) is 17.5 Å². The van der Waals surface area contributed by atoms with Crippen LogP contribution in [0.5, 0.6) is 0 Å². The highest BCUT2D eigenvalue weighted by Crippen LogP contribution is 2.64. The van der Waals surface area contributed by atoms with Crippen molar-refractivity contribution < 1.29 is 54.3 Å². The highest BCUT2D eigenvalue weighted by molar-refractivity contribution is 6.37. The lowest BCUT2D eigenvalue weighted by Gasteiger charge is -2.20. The number of rotatable bonds is 17. The average molecular weight is 2010 g/mol. The number of hydrogen-bond donors (Lipinski definition) is 4. The summed E-state index contributed by atoms with van der Waals surface area (Å²) in [6.07, 6.45) is 0.533. The molecule has 0 spiro atoms. The van der Waals surface area contributed by atoms with Gasteiger partial charge < -0.3 is 19.4 Å². The van der Waals surface area contributed by atoms with Crippen molar-refractivity contribution in [2.75, 3.05) is 15.5 Å². The number of anilines is 3. The van der Waals surface area contributed by atoms with Crippen LogP contribution >= 0.6 is 34.8 Å². The second-order valence-corrected chi connectivity index (χ2v) is 38.5. The number of nitrogens with two attached hydrogens (primary N) is 1. The summed E-state index contributed by atoms with van der Waals surface area (Å²) < 4.78 is 119. The quantitative estimate of drug-likeness (QED) is 0.0374. The van der Waals surface area contributed by atoms with Gasteiger partial charge in [0.05, 0.1) is 92.6 Å². The molecule has 0 unspecified atom stereocenters. The number of nitrogens with one attached hydrogen (secondary N) is 3. The summed E-state index contributed by atoms with van der Waals surface area (Å²) in [7, 11) is 0. The van der Waals surface area contributed by atoms with E-state index in [2.05, 4.69) is 71.5 Å². The van der Waals surface area contributed by atoms with Crippen molar-refractivity contribution in [3.05, 3.63) is 350 Å². The smallest absolute Gasteiger partial charge is 0.283 e. The van der Waals surface area contributed by atoms with Crippen LogP contribution in [-0.4, -0.2) is 130 Å². The summed E-state index contributed by atoms with van der Waals surface area (Å²) >= 11 is 19.0. The zero-order chi connectivity index (χ0) is 99.1. The molecule has 3 aliphatic carbocycles. The van der Waals surface area contributed by atoms with Gasteiger partial charge in [-0.2, -0.15) is 24.1 Å². The molecular weight excluding hydrogens is 1940 g/mol. The number of pyridine rings is 3. The molecule has 9 atom stereocenters. The van der Waals surface area contributed by atoms with Gasteiger partial charge in [-0.1, -0.05) is 92.9 Å². The number of amides is 4. The first-order valence-corrected chi connectivity index (χ1v) is 47.0. The number of carbonyl (C=O) groups is 4. The zero-order valence-corrected chi connectivity index (χ0v) is 76.8. The van der Waals surface area contributed by atoms with Crippen LogP contribution in [0.2, 0.25) is 15.1 Å². The fraction of sp³-hybridized carbons (Fsp3) is 0.175. The van der Waals surface area contributed by atoms with Crippen LogP contribution in [0, 0.1) is 17.8 Å². The van der Waals surface area contributed by atoms with Gasteiger partial charge in [0.2, 0.25) is 11.9 Å². The predicted molar refractivity (Wildman–Crippen MR) is 521 cm³/mol. The molecular formula is C103H65Cl3F8N24O7. The highest BCUT2D eigenvalue weighted by Gasteiger charge is 2.58. The molecule has 17 heterocycles. The van der Waals surface area contributed by atoms with Gasteiger partial charge >= 0.3 is 0 Å². The number of hydrogen-bond acceptors (Lipinski definition) is 20. The fourth-order valence-corrected chi connectivity index (χ4v) is 22.6. The Kier molecular flexibility index (Phi) is 20.1. The van der Waals surface area contributed by atoms with E-state index in [4.69, 9.17) is 45.5 Å². The minimum atomic E-state index is -2.80. The molecule has 5 N–H and O–H groups in total. The van der Waals surface area contributed by atoms with Crippen molar-refractivity contribution in [3.63, 3.8) is 0 Å². The Balaban J connectivity index is 0.000000111. The third-order valence-electron chi connectivity index (χ3n) is 29.0. The number of carbonyl (C=O) groups excluding carboxylic acids is 4. The van der Waals surface area contributed by atoms with E-state index in [-0.39, 0.29) is 88.7 Å². The lowest BCUT2D eigenvalue weighted by Crippen LogP contribution is -2.29. The molecule has 0 radical (unpaired) electrons. The average Bonchev–Trinajstić information content (AvgIpc) is 1.54. The Morgan fingerprint density at radius 3 is 1.08 bits per heavy atom. The topological polar surface area (TPSA) is 382 Å². The van der Waals surface area contributed by atoms with Crippen LogP contribution in [0.3, 0.4) is 0 Å². The number of fused-ring (bicyclic) bond motifs is 14. The molecule has 8 aromatic carbocycles. The van der Waals surface area contributed by atoms with Crippen molar-refractivity contribution in [3.8, 4) is 50.4 Å². The molecule has 716 valence electrons. The lowest BCUT2D eigenvalue weighted by molar-refractivity contribution is 0.0909. The summed E-state index contributed by atoms with van der Waals surface area (Å²) in [5.41, 5.74) is 20.1. The van der Waals surface area contributed by atoms with E-state index in [1.807, 2.05) is 47.2 Å². The molecule has 3 saturated carbocycles. The van der Waals surface area contributed by atoms with E-state index in [0.29, 0.717) is 161 Å². The molecule has 0 saturated heterocycles. The van der Waals surface area contributed by atoms with Gasteiger partial charge in [0.1, 0.15) is 17.1 Å². The lowest BCUT2D eigenvalue weighted by atomic mass is 9.97. The van der Waals surface area contributed by atoms with E-state index in [0.717, 1.165) is 80.8 Å². The maximum absolute atomic E-state index is 15.7. The van der Waals surface area contributed by atoms with Crippen molar-refractivity contribution >= 4 is 142 Å². The highest BCUT2D eigenvalue weighted by atomic mass is 35.5. The first-order chi connectivity index (χ1) is 70.2. The molecule has 42 heteroatoms. The SMILES string of the molecule is Nc1n[nH]c2cc(C3=C(F)N=C([C@@H]4[C@H]5C[C@H]5c5cc(-c6cc(Cl)ccc6-n6cc(C(F)F)nn6)cc(=O)n54)C3)ccc12.O=C1c2ccccc2C(=O)N1c1n[nH]c2cc(C3=C(F)N=C([C@@H]4[C@H]5C[C@H]5c5cc(-c6cc(Cl)ccc6-n6cc(C(F)F)nn6)cc(=O)n54)C3)ccc12.O=C1c2ccccc2C(=O)N1c1n[nH]c2cc(C3=CN=C([C@@H]4[C@H]5C[C@H]5c5cc(-c6cc(Cl)ccc6-n6cc(C(F)F)nn6)cc(=O)n54)C3)ccc12. The van der Waals surface area contributed by atoms with E-state index < -0.39 is 77.9 Å². The first-order valence-electron chi connectivity index (χ1n) is 45.8. The minimum absolute atomic E-state index is 0.0637. The molecule has 8 aliphatic heterocycles. The Hall–Kier alpha value is -16.9. The molecule has 4 amide bonds. The van der Waals surface area contributed by atoms with Crippen molar-refractivity contribution in [2.24, 2.45) is 32.7 Å². The van der Waals surface area contributed by atoms with Crippen LogP contribution in [0.15, 0.2) is 260 Å². The summed E-state index contributed by atoms with van der Waals surface area (Å²) in [6.45, 7) is 0. The number of allylic oxidation sites excluding steroid dienone is 3. The van der Waals surface area contributed by atoms with Gasteiger partial charge in [-0.05, 0) is 209 Å². The minimum Gasteiger partial charge on any atom is -0.382 e. The van der Waals surface area contributed by atoms with Gasteiger partial charge in [0, 0.05) is 155 Å². The Labute approximate surface area is 823 Å². The molecule has 31 nitrogen and oxygen atoms in total. The van der Waals surface area contributed by atoms with Crippen LogP contribution < -0.4 is 32.2 Å². The van der Waals surface area contributed by atoms with Crippen LogP contribution in [0.25, 0.3) is 99.9 Å². The van der Waals surface area contributed by atoms with Crippen molar-refractivity contribution in [2.45, 2.75) is 93.7 Å². The summed E-state index contributed by atoms with van der Waals surface area (Å²) in [4.78, 5) is 109. The third kappa shape index (κ3) is 14.4. The van der Waals surface area contributed by atoms with Gasteiger partial charge in [-0.25, -0.2) is 60.2 Å². The first kappa shape index (κ1) is 88.2. The second kappa shape index (κ2) is 33.1. The van der Waals surface area contributed by atoms with E-state index in [9.17, 15) is 59.9 Å². The molecule has 0 bridgehead atoms. The molecule has 28 rings (SSSR count). The predicted octanol–water partition coefficient (Wildman–Crippen LogP) is 20.1. The van der Waals surface area contributed by atoms with Gasteiger partial charge in [-0.15, -0.1) is 15.3 Å². The largest absolute Gasteiger partial charge is 0.382 e. The van der Waals surface area contributed by atoms with E-state index in [1.165, 1.54) is 32.4 Å². The molecule has 145 heavy (non-hydrogen) atoms. The number of alkyl halides is 6. The normalized spacial score (nSPS) is 20.4. The number of imide groups is 2. The van der Waals surface area contributed by atoms with Gasteiger partial charge in [-0.3, -0.25) is 53.9 Å². The molecule has 17 aromatic rings. The number of nitrogens with zero attached hydrogens (tertiary/aromatic N) is 20. The zero-order valence-electron chi connectivity index (χ0n) is 74.5. The third-order valence-corrected chi connectivity index (χ3v) is 29.7. The van der Waals surface area contributed by atoms with Crippen molar-refractivity contribution in [1.82, 2.24) is 89.3 Å². The Bertz CT molecular complexity index is 9000. The standard InChI is InChI=1S/C37H22ClF3N8O3.C37H23ClF2N8O3.C29H20ClF3N8O/c38-18-6-8-29(47-15-28(33(39)40)44-46-47)22(12-18)17-10-30-24-13-25(24)32(48(30)31(50)11-17)27-14-23(34(41)42-27)16-5-7-21-26(9-16)43-45-35(21)49-36(51)19-3-1-2-4-20(19)37(49)52;38-20-6-8-30(46-16-29(34(39)40)43-45-46)24(13-20)18-11-31-25-14-26(25)33(47(31)32(49)12-18)28-10-19(15-41-28)17-5-7-23-27(9-17)42-44-35(23)48-36(50)21-3-1-2-4-22(21)37(48)51;30-14-2-4-23(40-11-22(27(31)32)37-39-40)16(8-14)13-6-24-18-9-19(18)26(41(24)25(42)7-13)21-10-17(28(33)35-21)12-1-3-15-20(5-12)36-38-29(15)34/h1-12,15,24-25,32-33H,13-14H2,(H,43,45);1-9,11-13,15-16,25-26,33-34H,10,14H2,(H,42,44);1-8,11,18-19,26-27H,9-10H2,(H3,34,36,38)/t24-,25+,32+;25-,26+,33+;18-,19+,26+/m111/s1. The summed E-state index contributed by atoms with van der Waals surface area (Å²) in [5.74, 6) is -1.36. The maximum Gasteiger partial charge on any atom is 0.283 e. The van der Waals surface area contributed by atoms with Crippen molar-refractivity contribution in [1.29, 1.82) is 0 Å². The maximum atomic E-state index is 15.7. The number of benzene rings is 8. The fourth-order valence-electron chi connectivity index (χ4n) is 22.1. The second-order valence-electron chi connectivity index (χ2n) is 37.2. The molecule has 9 aromatic heterocycles.